The molecular formula is C19H26N2O3. The summed E-state index contributed by atoms with van der Waals surface area (Å²) in [4.78, 5) is 27.3. The van der Waals surface area contributed by atoms with Crippen LogP contribution in [0.25, 0.3) is 0 Å². The Hall–Kier alpha value is -1.72. The van der Waals surface area contributed by atoms with Crippen LogP contribution in [0.2, 0.25) is 0 Å². The summed E-state index contributed by atoms with van der Waals surface area (Å²) in [5, 5.41) is 0. The second-order valence-corrected chi connectivity index (χ2v) is 6.97. The zero-order valence-electron chi connectivity index (χ0n) is 14.7. The number of aryl methyl sites for hydroxylation is 2. The average molecular weight is 330 g/mol. The van der Waals surface area contributed by atoms with Crippen LogP contribution >= 0.6 is 0 Å². The molecule has 0 aliphatic carbocycles. The van der Waals surface area contributed by atoms with E-state index < -0.39 is 0 Å². The van der Waals surface area contributed by atoms with Gasteiger partial charge in [-0.15, -0.1) is 0 Å². The van der Waals surface area contributed by atoms with Crippen LogP contribution in [-0.2, 0) is 14.3 Å². The van der Waals surface area contributed by atoms with Crippen molar-refractivity contribution in [2.45, 2.75) is 45.8 Å². The molecule has 5 nitrogen and oxygen atoms in total. The molecule has 0 saturated carbocycles. The molecule has 2 fully saturated rings. The maximum atomic E-state index is 11.8. The van der Waals surface area contributed by atoms with E-state index in [4.69, 9.17) is 4.74 Å². The second-order valence-electron chi connectivity index (χ2n) is 6.97. The maximum absolute atomic E-state index is 11.8. The number of imide groups is 1. The van der Waals surface area contributed by atoms with Gasteiger partial charge >= 0.3 is 0 Å². The molecule has 3 rings (SSSR count). The lowest BCUT2D eigenvalue weighted by Crippen LogP contribution is -2.48. The Balaban J connectivity index is 1.66. The molecule has 0 bridgehead atoms. The number of carbonyl (C=O) groups is 2. The Kier molecular flexibility index (Phi) is 5.01. The first-order chi connectivity index (χ1) is 11.5. The molecule has 2 saturated heterocycles. The smallest absolute Gasteiger partial charge is 0.229 e. The van der Waals surface area contributed by atoms with Crippen molar-refractivity contribution in [3.63, 3.8) is 0 Å². The first-order valence-electron chi connectivity index (χ1n) is 8.71. The molecule has 0 spiro atoms. The lowest BCUT2D eigenvalue weighted by Gasteiger charge is -2.39. The Morgan fingerprint density at radius 1 is 1.12 bits per heavy atom. The van der Waals surface area contributed by atoms with Gasteiger partial charge in [0.15, 0.2) is 0 Å². The molecule has 1 aromatic carbocycles. The zero-order valence-corrected chi connectivity index (χ0v) is 14.7. The van der Waals surface area contributed by atoms with E-state index >= 15 is 0 Å². The van der Waals surface area contributed by atoms with Gasteiger partial charge < -0.3 is 4.74 Å². The summed E-state index contributed by atoms with van der Waals surface area (Å²) in [7, 11) is 0. The van der Waals surface area contributed by atoms with Crippen molar-refractivity contribution < 1.29 is 14.3 Å². The molecule has 2 atom stereocenters. The molecule has 0 N–H and O–H groups in total. The van der Waals surface area contributed by atoms with Gasteiger partial charge in [-0.1, -0.05) is 23.8 Å². The number of benzene rings is 1. The van der Waals surface area contributed by atoms with Crippen LogP contribution < -0.4 is 0 Å². The predicted octanol–water partition coefficient (Wildman–Crippen LogP) is 2.21. The molecule has 0 unspecified atom stereocenters. The third kappa shape index (κ3) is 3.52. The quantitative estimate of drug-likeness (QED) is 0.794. The van der Waals surface area contributed by atoms with Gasteiger partial charge in [-0.3, -0.25) is 19.4 Å². The van der Waals surface area contributed by atoms with E-state index in [1.165, 1.54) is 21.6 Å². The zero-order chi connectivity index (χ0) is 17.3. The lowest BCUT2D eigenvalue weighted by molar-refractivity contribution is -0.139. The molecule has 2 amide bonds. The number of likely N-dealkylation sites (tertiary alicyclic amines) is 1. The van der Waals surface area contributed by atoms with Gasteiger partial charge in [0.05, 0.1) is 12.7 Å². The minimum Gasteiger partial charge on any atom is -0.371 e. The van der Waals surface area contributed by atoms with Crippen molar-refractivity contribution >= 4 is 11.8 Å². The van der Waals surface area contributed by atoms with E-state index in [9.17, 15) is 9.59 Å². The van der Waals surface area contributed by atoms with Crippen molar-refractivity contribution in [2.75, 3.05) is 26.2 Å². The molecule has 24 heavy (non-hydrogen) atoms. The molecule has 1 aromatic rings. The van der Waals surface area contributed by atoms with Crippen LogP contribution in [0.4, 0.5) is 0 Å². The van der Waals surface area contributed by atoms with Crippen molar-refractivity contribution in [3.05, 3.63) is 34.9 Å². The highest BCUT2D eigenvalue weighted by Crippen LogP contribution is 2.28. The summed E-state index contributed by atoms with van der Waals surface area (Å²) < 4.78 is 6.07. The predicted molar refractivity (Wildman–Crippen MR) is 91.6 cm³/mol. The maximum Gasteiger partial charge on any atom is 0.229 e. The van der Waals surface area contributed by atoms with Crippen molar-refractivity contribution in [1.29, 1.82) is 0 Å². The van der Waals surface area contributed by atoms with E-state index in [-0.39, 0.29) is 17.9 Å². The number of ether oxygens (including phenoxy) is 1. The Labute approximate surface area is 143 Å². The number of carbonyl (C=O) groups excluding carboxylic acids is 2. The normalized spacial score (nSPS) is 25.5. The summed E-state index contributed by atoms with van der Waals surface area (Å²) in [5.41, 5.74) is 3.71. The third-order valence-electron chi connectivity index (χ3n) is 5.11. The average Bonchev–Trinajstić information content (AvgIpc) is 2.88. The van der Waals surface area contributed by atoms with E-state index in [1.54, 1.807) is 0 Å². The number of amides is 2. The Bertz CT molecular complexity index is 627. The van der Waals surface area contributed by atoms with Gasteiger partial charge in [-0.05, 0) is 31.9 Å². The second kappa shape index (κ2) is 7.03. The SMILES string of the molecule is Cc1ccc(C)c([C@H]2CN(CCN3C(=O)CCC3=O)[C@H](C)CO2)c1. The van der Waals surface area contributed by atoms with Crippen LogP contribution in [0.5, 0.6) is 0 Å². The highest BCUT2D eigenvalue weighted by atomic mass is 16.5. The summed E-state index contributed by atoms with van der Waals surface area (Å²) >= 11 is 0. The molecule has 2 aliphatic rings. The van der Waals surface area contributed by atoms with Gasteiger partial charge in [-0.2, -0.15) is 0 Å². The molecule has 130 valence electrons. The van der Waals surface area contributed by atoms with E-state index in [2.05, 4.69) is 43.9 Å². The van der Waals surface area contributed by atoms with Crippen LogP contribution in [-0.4, -0.2) is 53.9 Å². The topological polar surface area (TPSA) is 49.9 Å². The fourth-order valence-corrected chi connectivity index (χ4v) is 3.51. The van der Waals surface area contributed by atoms with Crippen LogP contribution in [0.3, 0.4) is 0 Å². The van der Waals surface area contributed by atoms with Crippen molar-refractivity contribution in [1.82, 2.24) is 9.80 Å². The standard InChI is InChI=1S/C19H26N2O3/c1-13-4-5-14(2)16(10-13)17-11-20(15(3)12-24-17)8-9-21-18(22)6-7-19(21)23/h4-5,10,15,17H,6-9,11-12H2,1-3H3/t15-,17-/m1/s1. The van der Waals surface area contributed by atoms with Gasteiger partial charge in [-0.25, -0.2) is 0 Å². The molecule has 2 aliphatic heterocycles. The Morgan fingerprint density at radius 2 is 1.83 bits per heavy atom. The molecule has 5 heteroatoms. The monoisotopic (exact) mass is 330 g/mol. The minimum atomic E-state index is -0.0352. The lowest BCUT2D eigenvalue weighted by atomic mass is 9.99. The molecule has 0 aromatic heterocycles. The van der Waals surface area contributed by atoms with Gasteiger partial charge in [0.1, 0.15) is 0 Å². The molecule has 2 heterocycles. The minimum absolute atomic E-state index is 0.0352. The van der Waals surface area contributed by atoms with E-state index in [1.807, 2.05) is 0 Å². The highest BCUT2D eigenvalue weighted by molar-refractivity contribution is 6.01. The van der Waals surface area contributed by atoms with Crippen LogP contribution in [0.15, 0.2) is 18.2 Å². The summed E-state index contributed by atoms with van der Waals surface area (Å²) in [5.74, 6) is -0.0704. The molecule has 0 radical (unpaired) electrons. The fourth-order valence-electron chi connectivity index (χ4n) is 3.51. The van der Waals surface area contributed by atoms with Crippen LogP contribution in [0, 0.1) is 13.8 Å². The fraction of sp³-hybridized carbons (Fsp3) is 0.579. The number of hydrogen-bond acceptors (Lipinski definition) is 4. The van der Waals surface area contributed by atoms with Gasteiger partial charge in [0.2, 0.25) is 11.8 Å². The summed E-state index contributed by atoms with van der Waals surface area (Å²) in [6.45, 7) is 9.00. The van der Waals surface area contributed by atoms with Crippen LogP contribution in [0.1, 0.15) is 42.6 Å². The number of rotatable bonds is 4. The number of nitrogens with zero attached hydrogens (tertiary/aromatic N) is 2. The summed E-state index contributed by atoms with van der Waals surface area (Å²) in [6, 6.07) is 6.74. The first kappa shape index (κ1) is 17.1. The number of morpholine rings is 1. The van der Waals surface area contributed by atoms with E-state index in [0.717, 1.165) is 6.54 Å². The molecular weight excluding hydrogens is 304 g/mol. The van der Waals surface area contributed by atoms with Gasteiger partial charge in [0.25, 0.3) is 0 Å². The Morgan fingerprint density at radius 3 is 2.54 bits per heavy atom. The number of hydrogen-bond donors (Lipinski definition) is 0. The largest absolute Gasteiger partial charge is 0.371 e. The van der Waals surface area contributed by atoms with Crippen molar-refractivity contribution in [2.24, 2.45) is 0 Å². The first-order valence-corrected chi connectivity index (χ1v) is 8.71. The van der Waals surface area contributed by atoms with Gasteiger partial charge in [0, 0.05) is 38.5 Å². The highest BCUT2D eigenvalue weighted by Gasteiger charge is 2.32. The van der Waals surface area contributed by atoms with E-state index in [0.29, 0.717) is 38.6 Å². The summed E-state index contributed by atoms with van der Waals surface area (Å²) in [6.07, 6.45) is 0.775. The third-order valence-corrected chi connectivity index (χ3v) is 5.11. The van der Waals surface area contributed by atoms with Crippen molar-refractivity contribution in [3.8, 4) is 0 Å².